The van der Waals surface area contributed by atoms with Gasteiger partial charge in [-0.2, -0.15) is 0 Å². The van der Waals surface area contributed by atoms with Crippen LogP contribution in [0.15, 0.2) is 0 Å². The monoisotopic (exact) mass is 225 g/mol. The van der Waals surface area contributed by atoms with Gasteiger partial charge in [0.2, 0.25) is 5.91 Å². The lowest BCUT2D eigenvalue weighted by molar-refractivity contribution is -0.135. The topological polar surface area (TPSA) is 40.5 Å². The summed E-state index contributed by atoms with van der Waals surface area (Å²) in [6.07, 6.45) is 7.89. The Labute approximate surface area is 97.8 Å². The van der Waals surface area contributed by atoms with Crippen molar-refractivity contribution in [2.45, 2.75) is 44.9 Å². The predicted molar refractivity (Wildman–Crippen MR) is 63.0 cm³/mol. The molecule has 0 aromatic rings. The summed E-state index contributed by atoms with van der Waals surface area (Å²) in [5.74, 6) is 1.24. The lowest BCUT2D eigenvalue weighted by atomic mass is 9.88. The molecular formula is C13H23NO2. The summed E-state index contributed by atoms with van der Waals surface area (Å²) in [6, 6.07) is 0. The van der Waals surface area contributed by atoms with E-state index in [1.165, 1.54) is 19.3 Å². The smallest absolute Gasteiger partial charge is 0.225 e. The normalized spacial score (nSPS) is 27.3. The molecule has 92 valence electrons. The third kappa shape index (κ3) is 2.76. The van der Waals surface area contributed by atoms with Gasteiger partial charge in [-0.15, -0.1) is 0 Å². The zero-order valence-electron chi connectivity index (χ0n) is 10.0. The van der Waals surface area contributed by atoms with Crippen molar-refractivity contribution >= 4 is 5.91 Å². The number of hydrogen-bond donors (Lipinski definition) is 1. The predicted octanol–water partition coefficient (Wildman–Crippen LogP) is 1.80. The molecule has 0 spiro atoms. The van der Waals surface area contributed by atoms with Crippen LogP contribution in [0, 0.1) is 11.8 Å². The summed E-state index contributed by atoms with van der Waals surface area (Å²) in [5.41, 5.74) is 0. The molecule has 1 aliphatic carbocycles. The van der Waals surface area contributed by atoms with Crippen LogP contribution in [0.25, 0.3) is 0 Å². The molecule has 1 aliphatic heterocycles. The lowest BCUT2D eigenvalue weighted by Crippen LogP contribution is -2.35. The van der Waals surface area contributed by atoms with Crippen LogP contribution in [-0.2, 0) is 4.79 Å². The minimum atomic E-state index is 0.260. The molecule has 1 atom stereocenters. The van der Waals surface area contributed by atoms with E-state index in [4.69, 9.17) is 5.11 Å². The van der Waals surface area contributed by atoms with Crippen molar-refractivity contribution in [3.05, 3.63) is 0 Å². The van der Waals surface area contributed by atoms with Gasteiger partial charge in [-0.3, -0.25) is 4.79 Å². The Hall–Kier alpha value is -0.570. The fourth-order valence-electron chi connectivity index (χ4n) is 3.06. The number of hydrogen-bond acceptors (Lipinski definition) is 2. The molecule has 0 aromatic heterocycles. The Kier molecular flexibility index (Phi) is 4.22. The van der Waals surface area contributed by atoms with Crippen LogP contribution in [0.1, 0.15) is 44.9 Å². The van der Waals surface area contributed by atoms with Gasteiger partial charge in [0.05, 0.1) is 0 Å². The summed E-state index contributed by atoms with van der Waals surface area (Å²) in [5, 5.41) is 8.90. The number of amides is 1. The molecule has 3 nitrogen and oxygen atoms in total. The van der Waals surface area contributed by atoms with Crippen molar-refractivity contribution in [1.82, 2.24) is 4.90 Å². The minimum absolute atomic E-state index is 0.260. The molecule has 1 saturated carbocycles. The number of likely N-dealkylation sites (tertiary alicyclic amines) is 1. The van der Waals surface area contributed by atoms with Crippen LogP contribution in [0.4, 0.5) is 0 Å². The van der Waals surface area contributed by atoms with Crippen LogP contribution < -0.4 is 0 Å². The second kappa shape index (κ2) is 5.67. The summed E-state index contributed by atoms with van der Waals surface area (Å²) in [6.45, 7) is 2.06. The molecule has 0 radical (unpaired) electrons. The average Bonchev–Trinajstić information content (AvgIpc) is 2.78. The van der Waals surface area contributed by atoms with Crippen molar-refractivity contribution in [2.75, 3.05) is 19.7 Å². The van der Waals surface area contributed by atoms with Gasteiger partial charge in [-0.1, -0.05) is 19.3 Å². The molecule has 1 amide bonds. The molecular weight excluding hydrogens is 202 g/mol. The number of aliphatic hydroxyl groups is 1. The quantitative estimate of drug-likeness (QED) is 0.795. The highest BCUT2D eigenvalue weighted by atomic mass is 16.3. The largest absolute Gasteiger partial charge is 0.396 e. The highest BCUT2D eigenvalue weighted by Gasteiger charge is 2.30. The van der Waals surface area contributed by atoms with Gasteiger partial charge in [0.15, 0.2) is 0 Å². The highest BCUT2D eigenvalue weighted by molar-refractivity contribution is 5.79. The standard InChI is InChI=1S/C13H23NO2/c15-9-7-11-6-8-14(10-11)13(16)12-4-2-1-3-5-12/h11-12,15H,1-10H2. The molecule has 0 aromatic carbocycles. The molecule has 1 saturated heterocycles. The Morgan fingerprint density at radius 1 is 1.19 bits per heavy atom. The van der Waals surface area contributed by atoms with Gasteiger partial charge in [-0.05, 0) is 31.6 Å². The van der Waals surface area contributed by atoms with Crippen molar-refractivity contribution in [2.24, 2.45) is 11.8 Å². The van der Waals surface area contributed by atoms with Crippen molar-refractivity contribution < 1.29 is 9.90 Å². The fourth-order valence-corrected chi connectivity index (χ4v) is 3.06. The van der Waals surface area contributed by atoms with E-state index in [0.29, 0.717) is 17.7 Å². The molecule has 1 heterocycles. The second-order valence-corrected chi connectivity index (χ2v) is 5.29. The van der Waals surface area contributed by atoms with Gasteiger partial charge < -0.3 is 10.0 Å². The van der Waals surface area contributed by atoms with Gasteiger partial charge >= 0.3 is 0 Å². The first-order valence-corrected chi connectivity index (χ1v) is 6.71. The number of carbonyl (C=O) groups excluding carboxylic acids is 1. The van der Waals surface area contributed by atoms with Gasteiger partial charge in [0.25, 0.3) is 0 Å². The molecule has 3 heteroatoms. The number of carbonyl (C=O) groups is 1. The maximum Gasteiger partial charge on any atom is 0.225 e. The summed E-state index contributed by atoms with van der Waals surface area (Å²) >= 11 is 0. The maximum absolute atomic E-state index is 12.2. The van der Waals surface area contributed by atoms with E-state index in [9.17, 15) is 4.79 Å². The van der Waals surface area contributed by atoms with E-state index in [-0.39, 0.29) is 6.61 Å². The number of nitrogens with zero attached hydrogens (tertiary/aromatic N) is 1. The van der Waals surface area contributed by atoms with Gasteiger partial charge in [-0.25, -0.2) is 0 Å². The third-order valence-corrected chi connectivity index (χ3v) is 4.09. The Bertz CT molecular complexity index is 236. The van der Waals surface area contributed by atoms with Crippen LogP contribution in [0.3, 0.4) is 0 Å². The van der Waals surface area contributed by atoms with Crippen LogP contribution >= 0.6 is 0 Å². The average molecular weight is 225 g/mol. The Morgan fingerprint density at radius 3 is 2.62 bits per heavy atom. The summed E-state index contributed by atoms with van der Waals surface area (Å²) in [4.78, 5) is 14.3. The molecule has 2 fully saturated rings. The molecule has 0 bridgehead atoms. The van der Waals surface area contributed by atoms with Gasteiger partial charge in [0.1, 0.15) is 0 Å². The SMILES string of the molecule is O=C(C1CCCCC1)N1CCC(CCO)C1. The molecule has 1 N–H and O–H groups in total. The Balaban J connectivity index is 1.81. The summed E-state index contributed by atoms with van der Waals surface area (Å²) < 4.78 is 0. The molecule has 2 aliphatic rings. The lowest BCUT2D eigenvalue weighted by Gasteiger charge is -2.26. The second-order valence-electron chi connectivity index (χ2n) is 5.29. The zero-order valence-corrected chi connectivity index (χ0v) is 10.0. The third-order valence-electron chi connectivity index (χ3n) is 4.09. The van der Waals surface area contributed by atoms with E-state index in [2.05, 4.69) is 0 Å². The zero-order chi connectivity index (χ0) is 11.4. The van der Waals surface area contributed by atoms with E-state index < -0.39 is 0 Å². The molecule has 1 unspecified atom stereocenters. The molecule has 2 rings (SSSR count). The van der Waals surface area contributed by atoms with E-state index in [1.54, 1.807) is 0 Å². The van der Waals surface area contributed by atoms with Crippen LogP contribution in [-0.4, -0.2) is 35.6 Å². The maximum atomic E-state index is 12.2. The number of rotatable bonds is 3. The van der Waals surface area contributed by atoms with E-state index in [0.717, 1.165) is 38.8 Å². The highest BCUT2D eigenvalue weighted by Crippen LogP contribution is 2.28. The van der Waals surface area contributed by atoms with Gasteiger partial charge in [0, 0.05) is 25.6 Å². The van der Waals surface area contributed by atoms with Crippen molar-refractivity contribution in [3.63, 3.8) is 0 Å². The first kappa shape index (κ1) is 11.9. The Morgan fingerprint density at radius 2 is 1.94 bits per heavy atom. The van der Waals surface area contributed by atoms with Crippen LogP contribution in [0.5, 0.6) is 0 Å². The number of aliphatic hydroxyl groups excluding tert-OH is 1. The minimum Gasteiger partial charge on any atom is -0.396 e. The first-order chi connectivity index (χ1) is 7.81. The van der Waals surface area contributed by atoms with E-state index in [1.807, 2.05) is 4.90 Å². The van der Waals surface area contributed by atoms with E-state index >= 15 is 0 Å². The van der Waals surface area contributed by atoms with Crippen molar-refractivity contribution in [1.29, 1.82) is 0 Å². The van der Waals surface area contributed by atoms with Crippen molar-refractivity contribution in [3.8, 4) is 0 Å². The first-order valence-electron chi connectivity index (χ1n) is 6.71. The fraction of sp³-hybridized carbons (Fsp3) is 0.923. The summed E-state index contributed by atoms with van der Waals surface area (Å²) in [7, 11) is 0. The van der Waals surface area contributed by atoms with Crippen LogP contribution in [0.2, 0.25) is 0 Å². The molecule has 16 heavy (non-hydrogen) atoms.